The summed E-state index contributed by atoms with van der Waals surface area (Å²) in [5.41, 5.74) is 2.14. The van der Waals surface area contributed by atoms with Crippen molar-refractivity contribution in [2.24, 2.45) is 11.7 Å². The Hall–Kier alpha value is -5.98. The number of nitrogens with one attached hydrogen (secondary N) is 1. The van der Waals surface area contributed by atoms with Crippen LogP contribution in [0.25, 0.3) is 0 Å². The summed E-state index contributed by atoms with van der Waals surface area (Å²) < 4.78 is 101. The third-order valence-electron chi connectivity index (χ3n) is 9.66. The van der Waals surface area contributed by atoms with Gasteiger partial charge in [0.2, 0.25) is 5.88 Å². The van der Waals surface area contributed by atoms with Crippen LogP contribution in [0.15, 0.2) is 73.1 Å². The van der Waals surface area contributed by atoms with Gasteiger partial charge < -0.3 is 30.4 Å². The number of halogens is 6. The number of benzene rings is 2. The van der Waals surface area contributed by atoms with Crippen molar-refractivity contribution in [1.82, 2.24) is 15.0 Å². The van der Waals surface area contributed by atoms with Crippen LogP contribution in [0.4, 0.5) is 42.5 Å². The smallest absolute Gasteiger partial charge is 0.416 e. The van der Waals surface area contributed by atoms with Gasteiger partial charge in [-0.2, -0.15) is 26.3 Å². The number of fused-ring (bicyclic) bond motifs is 1. The molecule has 2 aromatic heterocycles. The van der Waals surface area contributed by atoms with Crippen molar-refractivity contribution < 1.29 is 60.0 Å². The minimum Gasteiger partial charge on any atom is -0.481 e. The van der Waals surface area contributed by atoms with Gasteiger partial charge in [-0.1, -0.05) is 37.3 Å². The number of anilines is 2. The minimum atomic E-state index is -5.20. The molecule has 1 amide bonds. The number of carboxylic acid groups (broad SMARTS) is 1. The van der Waals surface area contributed by atoms with E-state index in [1.165, 1.54) is 31.6 Å². The molecule has 310 valence electrons. The molecule has 4 aromatic rings. The number of hydrogen-bond donors (Lipinski definition) is 3. The fourth-order valence-corrected chi connectivity index (χ4v) is 6.78. The van der Waals surface area contributed by atoms with Crippen molar-refractivity contribution >= 4 is 29.4 Å². The number of esters is 2. The van der Waals surface area contributed by atoms with Crippen LogP contribution in [0.3, 0.4) is 0 Å². The summed E-state index contributed by atoms with van der Waals surface area (Å²) in [6.07, 6.45) is -9.85. The first kappa shape index (κ1) is 43.1. The van der Waals surface area contributed by atoms with E-state index in [2.05, 4.69) is 20.3 Å². The Labute approximate surface area is 328 Å². The first-order valence-electron chi connectivity index (χ1n) is 18.0. The summed E-state index contributed by atoms with van der Waals surface area (Å²) in [4.78, 5) is 52.3. The van der Waals surface area contributed by atoms with Crippen LogP contribution in [0.5, 0.6) is 5.88 Å². The number of carbonyl (C=O) groups is 3. The molecule has 0 spiro atoms. The predicted molar refractivity (Wildman–Crippen MR) is 196 cm³/mol. The Kier molecular flexibility index (Phi) is 13.1. The fourth-order valence-electron chi connectivity index (χ4n) is 6.78. The molecule has 0 saturated carbocycles. The van der Waals surface area contributed by atoms with E-state index in [9.17, 15) is 45.8 Å². The number of aromatic nitrogens is 3. The zero-order chi connectivity index (χ0) is 42.4. The molecule has 5 rings (SSSR count). The normalized spacial score (nSPS) is 17.8. The van der Waals surface area contributed by atoms with E-state index in [4.69, 9.17) is 19.9 Å². The molecule has 4 atom stereocenters. The highest BCUT2D eigenvalue weighted by Gasteiger charge is 2.49. The second kappa shape index (κ2) is 17.7. The highest BCUT2D eigenvalue weighted by Crippen LogP contribution is 2.51. The number of alkyl halides is 6. The highest BCUT2D eigenvalue weighted by atomic mass is 19.4. The lowest BCUT2D eigenvalue weighted by Crippen LogP contribution is -2.61. The molecule has 0 fully saturated rings. The van der Waals surface area contributed by atoms with Crippen LogP contribution < -0.4 is 20.7 Å². The molecule has 58 heavy (non-hydrogen) atoms. The summed E-state index contributed by atoms with van der Waals surface area (Å²) in [6.45, 7) is 3.07. The number of nitrogens with zero attached hydrogens (tertiary/aromatic N) is 4. The third-order valence-corrected chi connectivity index (χ3v) is 9.66. The molecule has 2 aromatic carbocycles. The lowest BCUT2D eigenvalue weighted by molar-refractivity contribution is -0.163. The fraction of sp³-hybridized carbons (Fsp3) is 0.385. The standard InChI is InChI=1S/C39H40F6N6O7/c1-4-37(46)18-28(32-29(51(37)36(54)55)11-12-30(50-32)56-3)31(23-15-24(38(40,41)42)17-25(16-23)39(43,44)45)33-48-19-26(20-49-33)47-14-13-27(34(52)57-5-2)35(53)58-21-22-9-7-6-8-10-22/h6-12,15-17,19-20,27-28,31,47H,4-5,13-14,18,21,46H2,1-3H3,(H,54,55)/t27?,28-,31?,37+/m0/s1. The Morgan fingerprint density at radius 1 is 0.948 bits per heavy atom. The summed E-state index contributed by atoms with van der Waals surface area (Å²) in [5, 5.41) is 13.2. The van der Waals surface area contributed by atoms with E-state index in [-0.39, 0.29) is 73.9 Å². The lowest BCUT2D eigenvalue weighted by atomic mass is 9.73. The van der Waals surface area contributed by atoms with Gasteiger partial charge in [-0.05, 0) is 61.6 Å². The summed E-state index contributed by atoms with van der Waals surface area (Å²) in [6, 6.07) is 12.6. The van der Waals surface area contributed by atoms with Crippen molar-refractivity contribution in [3.8, 4) is 5.88 Å². The molecule has 2 unspecified atom stereocenters. The van der Waals surface area contributed by atoms with E-state index in [0.717, 1.165) is 4.90 Å². The molecule has 19 heteroatoms. The Morgan fingerprint density at radius 3 is 2.12 bits per heavy atom. The van der Waals surface area contributed by atoms with Crippen LogP contribution in [0.1, 0.15) is 78.7 Å². The van der Waals surface area contributed by atoms with Gasteiger partial charge in [0.15, 0.2) is 5.92 Å². The van der Waals surface area contributed by atoms with Crippen molar-refractivity contribution in [1.29, 1.82) is 0 Å². The van der Waals surface area contributed by atoms with Crippen molar-refractivity contribution in [2.45, 2.75) is 69.6 Å². The molecule has 0 saturated heterocycles. The van der Waals surface area contributed by atoms with Crippen molar-refractivity contribution in [3.05, 3.63) is 107 Å². The number of methoxy groups -OCH3 is 1. The molecular formula is C39H40F6N6O7. The number of hydrogen-bond acceptors (Lipinski definition) is 11. The van der Waals surface area contributed by atoms with Crippen LogP contribution >= 0.6 is 0 Å². The third kappa shape index (κ3) is 9.75. The Balaban J connectivity index is 1.53. The van der Waals surface area contributed by atoms with Crippen molar-refractivity contribution in [3.63, 3.8) is 0 Å². The van der Waals surface area contributed by atoms with Gasteiger partial charge in [0.1, 0.15) is 12.4 Å². The first-order valence-corrected chi connectivity index (χ1v) is 18.0. The van der Waals surface area contributed by atoms with E-state index >= 15 is 0 Å². The van der Waals surface area contributed by atoms with Crippen LogP contribution in [-0.4, -0.2) is 64.0 Å². The summed E-state index contributed by atoms with van der Waals surface area (Å²) in [7, 11) is 1.28. The van der Waals surface area contributed by atoms with Gasteiger partial charge >= 0.3 is 30.4 Å². The van der Waals surface area contributed by atoms with Crippen molar-refractivity contribution in [2.75, 3.05) is 30.5 Å². The van der Waals surface area contributed by atoms with Gasteiger partial charge in [0.05, 0.1) is 65.9 Å². The molecule has 1 aliphatic heterocycles. The Bertz CT molecular complexity index is 2060. The van der Waals surface area contributed by atoms with Crippen LogP contribution in [0, 0.1) is 5.92 Å². The number of carbonyl (C=O) groups excluding carboxylic acids is 2. The topological polar surface area (TPSA) is 179 Å². The van der Waals surface area contributed by atoms with Gasteiger partial charge in [0.25, 0.3) is 0 Å². The molecular weight excluding hydrogens is 778 g/mol. The van der Waals surface area contributed by atoms with Crippen LogP contribution in [-0.2, 0) is 38.0 Å². The number of nitrogens with two attached hydrogens (primary N) is 1. The average Bonchev–Trinajstić information content (AvgIpc) is 3.18. The van der Waals surface area contributed by atoms with Gasteiger partial charge in [-0.3, -0.25) is 14.5 Å². The van der Waals surface area contributed by atoms with Gasteiger partial charge in [0, 0.05) is 18.5 Å². The van der Waals surface area contributed by atoms with Gasteiger partial charge in [-0.25, -0.2) is 19.7 Å². The molecule has 1 aliphatic rings. The zero-order valence-corrected chi connectivity index (χ0v) is 31.4. The van der Waals surface area contributed by atoms with Crippen LogP contribution in [0.2, 0.25) is 0 Å². The second-order valence-corrected chi connectivity index (χ2v) is 13.4. The predicted octanol–water partition coefficient (Wildman–Crippen LogP) is 7.51. The number of ether oxygens (including phenoxy) is 3. The monoisotopic (exact) mass is 818 g/mol. The maximum atomic E-state index is 14.2. The minimum absolute atomic E-state index is 0.00300. The number of rotatable bonds is 14. The summed E-state index contributed by atoms with van der Waals surface area (Å²) >= 11 is 0. The van der Waals surface area contributed by atoms with E-state index in [0.29, 0.717) is 17.7 Å². The number of amides is 1. The largest absolute Gasteiger partial charge is 0.481 e. The molecule has 0 radical (unpaired) electrons. The SMILES string of the molecule is CCOC(=O)C(CCNc1cnc(C(c2cc(C(F)(F)F)cc(C(F)(F)F)c2)[C@@H]2C[C@@](N)(CC)N(C(=O)O)c3ccc(OC)nc32)nc1)C(=O)OCc1ccccc1. The molecule has 4 N–H and O–H groups in total. The molecule has 0 aliphatic carbocycles. The Morgan fingerprint density at radius 2 is 1.57 bits per heavy atom. The number of pyridine rings is 1. The maximum Gasteiger partial charge on any atom is 0.416 e. The second-order valence-electron chi connectivity index (χ2n) is 13.4. The van der Waals surface area contributed by atoms with E-state index in [1.807, 2.05) is 0 Å². The van der Waals surface area contributed by atoms with Gasteiger partial charge in [-0.15, -0.1) is 0 Å². The maximum absolute atomic E-state index is 14.2. The average molecular weight is 819 g/mol. The molecule has 0 bridgehead atoms. The lowest BCUT2D eigenvalue weighted by Gasteiger charge is -2.47. The zero-order valence-electron chi connectivity index (χ0n) is 31.4. The molecule has 3 heterocycles. The van der Waals surface area contributed by atoms with E-state index < -0.39 is 70.5 Å². The van der Waals surface area contributed by atoms with E-state index in [1.54, 1.807) is 44.2 Å². The first-order chi connectivity index (χ1) is 27.4. The molecule has 13 nitrogen and oxygen atoms in total. The summed E-state index contributed by atoms with van der Waals surface area (Å²) in [5.74, 6) is -5.89. The highest BCUT2D eigenvalue weighted by molar-refractivity contribution is 5.95. The quantitative estimate of drug-likeness (QED) is 0.0649.